The first-order valence-electron chi connectivity index (χ1n) is 7.51. The second kappa shape index (κ2) is 6.76. The van der Waals surface area contributed by atoms with Crippen LogP contribution in [0.3, 0.4) is 0 Å². The molecule has 0 radical (unpaired) electrons. The van der Waals surface area contributed by atoms with E-state index in [-0.39, 0.29) is 29.3 Å². The maximum absolute atomic E-state index is 12.5. The van der Waals surface area contributed by atoms with Crippen molar-refractivity contribution in [1.29, 1.82) is 0 Å². The first-order valence-corrected chi connectivity index (χ1v) is 8.99. The minimum Gasteiger partial charge on any atom is -0.338 e. The van der Waals surface area contributed by atoms with E-state index in [9.17, 15) is 13.2 Å². The molecule has 0 bridgehead atoms. The highest BCUT2D eigenvalue weighted by Crippen LogP contribution is 2.37. The minimum atomic E-state index is -3.47. The van der Waals surface area contributed by atoms with Gasteiger partial charge >= 0.3 is 0 Å². The summed E-state index contributed by atoms with van der Waals surface area (Å²) in [4.78, 5) is 14.5. The van der Waals surface area contributed by atoms with Crippen molar-refractivity contribution in [3.8, 4) is 0 Å². The molecule has 1 aromatic rings. The van der Waals surface area contributed by atoms with Gasteiger partial charge in [-0.2, -0.15) is 0 Å². The smallest absolute Gasteiger partial charge is 0.253 e. The molecule has 2 fully saturated rings. The summed E-state index contributed by atoms with van der Waals surface area (Å²) in [7, 11) is -2.11. The highest BCUT2D eigenvalue weighted by Gasteiger charge is 2.42. The zero-order valence-electron chi connectivity index (χ0n) is 12.9. The molecule has 0 aromatic heterocycles. The number of rotatable bonds is 3. The van der Waals surface area contributed by atoms with Gasteiger partial charge in [-0.15, -0.1) is 12.4 Å². The summed E-state index contributed by atoms with van der Waals surface area (Å²) in [6.07, 6.45) is 2.14. The third-order valence-corrected chi connectivity index (χ3v) is 6.31. The van der Waals surface area contributed by atoms with Crippen molar-refractivity contribution < 1.29 is 13.2 Å². The molecule has 1 saturated carbocycles. The minimum absolute atomic E-state index is 0. The Bertz CT molecular complexity index is 678. The number of hydrogen-bond donors (Lipinski definition) is 2. The predicted octanol–water partition coefficient (Wildman–Crippen LogP) is 0.826. The van der Waals surface area contributed by atoms with E-state index in [1.165, 1.54) is 19.2 Å². The van der Waals surface area contributed by atoms with Crippen molar-refractivity contribution in [2.75, 3.05) is 20.1 Å². The molecule has 3 unspecified atom stereocenters. The lowest BCUT2D eigenvalue weighted by molar-refractivity contribution is 0.0779. The van der Waals surface area contributed by atoms with Gasteiger partial charge in [0.25, 0.3) is 5.91 Å². The van der Waals surface area contributed by atoms with E-state index < -0.39 is 10.0 Å². The van der Waals surface area contributed by atoms with Gasteiger partial charge in [0, 0.05) is 24.7 Å². The Kier molecular flexibility index (Phi) is 5.35. The highest BCUT2D eigenvalue weighted by atomic mass is 35.5. The zero-order valence-corrected chi connectivity index (χ0v) is 14.6. The third-order valence-electron chi connectivity index (χ3n) is 4.88. The van der Waals surface area contributed by atoms with Crippen LogP contribution in [0.5, 0.6) is 0 Å². The van der Waals surface area contributed by atoms with Gasteiger partial charge in [-0.25, -0.2) is 13.1 Å². The van der Waals surface area contributed by atoms with Crippen LogP contribution in [0.15, 0.2) is 29.2 Å². The summed E-state index contributed by atoms with van der Waals surface area (Å²) in [5, 5.41) is 0. The number of nitrogens with zero attached hydrogens (tertiary/aromatic N) is 1. The fourth-order valence-electron chi connectivity index (χ4n) is 3.55. The SMILES string of the molecule is CNS(=O)(=O)c1ccc(C(=O)N2CC3CCC(N)C3C2)cc1.Cl. The van der Waals surface area contributed by atoms with E-state index in [1.807, 2.05) is 4.90 Å². The third kappa shape index (κ3) is 3.38. The van der Waals surface area contributed by atoms with E-state index in [4.69, 9.17) is 5.73 Å². The topological polar surface area (TPSA) is 92.5 Å². The molecule has 3 rings (SSSR count). The molecule has 128 valence electrons. The van der Waals surface area contributed by atoms with Crippen LogP contribution in [-0.2, 0) is 10.0 Å². The van der Waals surface area contributed by atoms with E-state index in [0.717, 1.165) is 19.4 Å². The Morgan fingerprint density at radius 2 is 1.87 bits per heavy atom. The van der Waals surface area contributed by atoms with Gasteiger partial charge in [-0.1, -0.05) is 0 Å². The van der Waals surface area contributed by atoms with Gasteiger partial charge in [-0.3, -0.25) is 4.79 Å². The lowest BCUT2D eigenvalue weighted by Gasteiger charge is -2.19. The van der Waals surface area contributed by atoms with Gasteiger partial charge in [0.15, 0.2) is 0 Å². The Morgan fingerprint density at radius 3 is 2.43 bits per heavy atom. The van der Waals surface area contributed by atoms with Crippen LogP contribution in [0.4, 0.5) is 0 Å². The molecule has 1 aromatic carbocycles. The van der Waals surface area contributed by atoms with Crippen molar-refractivity contribution >= 4 is 28.3 Å². The quantitative estimate of drug-likeness (QED) is 0.835. The Balaban J connectivity index is 0.00000192. The monoisotopic (exact) mass is 359 g/mol. The van der Waals surface area contributed by atoms with Crippen molar-refractivity contribution in [1.82, 2.24) is 9.62 Å². The van der Waals surface area contributed by atoms with Crippen LogP contribution in [-0.4, -0.2) is 45.4 Å². The maximum Gasteiger partial charge on any atom is 0.253 e. The summed E-state index contributed by atoms with van der Waals surface area (Å²) < 4.78 is 25.6. The number of carbonyl (C=O) groups excluding carboxylic acids is 1. The van der Waals surface area contributed by atoms with Crippen molar-refractivity contribution in [3.63, 3.8) is 0 Å². The number of sulfonamides is 1. The molecular formula is C15H22ClN3O3S. The normalized spacial score (nSPS) is 26.7. The number of carbonyl (C=O) groups is 1. The zero-order chi connectivity index (χ0) is 15.9. The number of nitrogens with two attached hydrogens (primary N) is 1. The van der Waals surface area contributed by atoms with Crippen LogP contribution >= 0.6 is 12.4 Å². The largest absolute Gasteiger partial charge is 0.338 e. The molecule has 23 heavy (non-hydrogen) atoms. The molecule has 8 heteroatoms. The molecule has 1 aliphatic heterocycles. The number of amides is 1. The van der Waals surface area contributed by atoms with Gasteiger partial charge in [-0.05, 0) is 56.0 Å². The summed E-state index contributed by atoms with van der Waals surface area (Å²) >= 11 is 0. The number of likely N-dealkylation sites (tertiary alicyclic amines) is 1. The molecule has 1 aliphatic carbocycles. The number of benzene rings is 1. The van der Waals surface area contributed by atoms with E-state index in [0.29, 0.717) is 23.9 Å². The van der Waals surface area contributed by atoms with Crippen LogP contribution in [0.25, 0.3) is 0 Å². The molecule has 3 N–H and O–H groups in total. The predicted molar refractivity (Wildman–Crippen MR) is 90.0 cm³/mol. The maximum atomic E-state index is 12.5. The average molecular weight is 360 g/mol. The molecular weight excluding hydrogens is 338 g/mol. The summed E-state index contributed by atoms with van der Waals surface area (Å²) in [5.41, 5.74) is 6.61. The molecule has 2 aliphatic rings. The molecule has 1 heterocycles. The van der Waals surface area contributed by atoms with Gasteiger partial charge in [0.1, 0.15) is 0 Å². The van der Waals surface area contributed by atoms with Crippen molar-refractivity contribution in [3.05, 3.63) is 29.8 Å². The first-order chi connectivity index (χ1) is 10.4. The van der Waals surface area contributed by atoms with Crippen LogP contribution in [0, 0.1) is 11.8 Å². The van der Waals surface area contributed by atoms with E-state index >= 15 is 0 Å². The second-order valence-corrected chi connectivity index (χ2v) is 7.99. The molecule has 1 amide bonds. The first kappa shape index (κ1) is 18.2. The standard InChI is InChI=1S/C15H21N3O3S.ClH/c1-17-22(20,21)12-5-2-10(3-6-12)15(19)18-8-11-4-7-14(16)13(11)9-18;/h2-3,5-6,11,13-14,17H,4,7-9,16H2,1H3;1H. The number of halogens is 1. The highest BCUT2D eigenvalue weighted by molar-refractivity contribution is 7.89. The fraction of sp³-hybridized carbons (Fsp3) is 0.533. The second-order valence-electron chi connectivity index (χ2n) is 6.11. The fourth-order valence-corrected chi connectivity index (χ4v) is 4.28. The molecule has 3 atom stereocenters. The lowest BCUT2D eigenvalue weighted by Crippen LogP contribution is -2.33. The Morgan fingerprint density at radius 1 is 1.22 bits per heavy atom. The van der Waals surface area contributed by atoms with Crippen molar-refractivity contribution in [2.24, 2.45) is 17.6 Å². The lowest BCUT2D eigenvalue weighted by atomic mass is 9.98. The van der Waals surface area contributed by atoms with E-state index in [2.05, 4.69) is 4.72 Å². The summed E-state index contributed by atoms with van der Waals surface area (Å²) in [5.74, 6) is 0.880. The van der Waals surface area contributed by atoms with Gasteiger partial charge < -0.3 is 10.6 Å². The average Bonchev–Trinajstić information content (AvgIpc) is 3.09. The van der Waals surface area contributed by atoms with Crippen LogP contribution in [0.1, 0.15) is 23.2 Å². The van der Waals surface area contributed by atoms with Crippen LogP contribution < -0.4 is 10.5 Å². The molecule has 1 saturated heterocycles. The number of nitrogens with one attached hydrogen (secondary N) is 1. The summed E-state index contributed by atoms with van der Waals surface area (Å²) in [6, 6.07) is 6.26. The van der Waals surface area contributed by atoms with Gasteiger partial charge in [0.05, 0.1) is 4.90 Å². The van der Waals surface area contributed by atoms with Gasteiger partial charge in [0.2, 0.25) is 10.0 Å². The van der Waals surface area contributed by atoms with Crippen LogP contribution in [0.2, 0.25) is 0 Å². The summed E-state index contributed by atoms with van der Waals surface area (Å²) in [6.45, 7) is 1.47. The number of hydrogen-bond acceptors (Lipinski definition) is 4. The van der Waals surface area contributed by atoms with E-state index in [1.54, 1.807) is 12.1 Å². The Hall–Kier alpha value is -1.15. The molecule has 6 nitrogen and oxygen atoms in total. The van der Waals surface area contributed by atoms with Crippen molar-refractivity contribution in [2.45, 2.75) is 23.8 Å². The molecule has 0 spiro atoms. The number of fused-ring (bicyclic) bond motifs is 1. The Labute approximate surface area is 142 Å².